The van der Waals surface area contributed by atoms with E-state index in [9.17, 15) is 4.79 Å². The van der Waals surface area contributed by atoms with Crippen molar-refractivity contribution in [3.63, 3.8) is 0 Å². The summed E-state index contributed by atoms with van der Waals surface area (Å²) in [4.78, 5) is 11.6. The zero-order valence-electron chi connectivity index (χ0n) is 12.4. The van der Waals surface area contributed by atoms with Crippen molar-refractivity contribution in [1.29, 1.82) is 0 Å². The van der Waals surface area contributed by atoms with Gasteiger partial charge in [-0.25, -0.2) is 0 Å². The van der Waals surface area contributed by atoms with Crippen LogP contribution in [0.4, 0.5) is 0 Å². The first-order valence-corrected chi connectivity index (χ1v) is 7.66. The minimum Gasteiger partial charge on any atom is -0.488 e. The SMILES string of the molecule is O=Cc1c(OCc2ccccc2)cccc1-c1ccc(Cl)cc1. The molecule has 23 heavy (non-hydrogen) atoms. The van der Waals surface area contributed by atoms with Crippen LogP contribution in [0.3, 0.4) is 0 Å². The molecule has 3 rings (SSSR count). The van der Waals surface area contributed by atoms with Crippen LogP contribution in [0.5, 0.6) is 5.75 Å². The standard InChI is InChI=1S/C20H15ClO2/c21-17-11-9-16(10-12-17)18-7-4-8-20(19(18)13-22)23-14-15-5-2-1-3-6-15/h1-13H,14H2. The number of rotatable bonds is 5. The van der Waals surface area contributed by atoms with Crippen molar-refractivity contribution in [1.82, 2.24) is 0 Å². The van der Waals surface area contributed by atoms with E-state index in [-0.39, 0.29) is 0 Å². The zero-order chi connectivity index (χ0) is 16.1. The molecule has 3 aromatic carbocycles. The number of ether oxygens (including phenoxy) is 1. The molecule has 0 spiro atoms. The lowest BCUT2D eigenvalue weighted by atomic mass is 10.00. The van der Waals surface area contributed by atoms with Crippen LogP contribution in [-0.4, -0.2) is 6.29 Å². The van der Waals surface area contributed by atoms with Crippen LogP contribution in [0.1, 0.15) is 15.9 Å². The Kier molecular flexibility index (Phi) is 4.74. The Morgan fingerprint density at radius 2 is 1.61 bits per heavy atom. The average Bonchev–Trinajstić information content (AvgIpc) is 2.61. The molecule has 0 aliphatic heterocycles. The second kappa shape index (κ2) is 7.12. The predicted octanol–water partition coefficient (Wildman–Crippen LogP) is 5.40. The third-order valence-corrected chi connectivity index (χ3v) is 3.83. The lowest BCUT2D eigenvalue weighted by Gasteiger charge is -2.12. The largest absolute Gasteiger partial charge is 0.488 e. The smallest absolute Gasteiger partial charge is 0.154 e. The molecule has 0 saturated heterocycles. The fraction of sp³-hybridized carbons (Fsp3) is 0.0500. The lowest BCUT2D eigenvalue weighted by molar-refractivity contribution is 0.111. The molecule has 3 aromatic rings. The number of hydrogen-bond donors (Lipinski definition) is 0. The van der Waals surface area contributed by atoms with Crippen LogP contribution in [0.2, 0.25) is 5.02 Å². The molecular formula is C20H15ClO2. The summed E-state index contributed by atoms with van der Waals surface area (Å²) in [5, 5.41) is 0.665. The van der Waals surface area contributed by atoms with Gasteiger partial charge in [0.2, 0.25) is 0 Å². The van der Waals surface area contributed by atoms with Crippen LogP contribution < -0.4 is 4.74 Å². The first-order valence-electron chi connectivity index (χ1n) is 7.29. The molecule has 0 heterocycles. The molecule has 0 amide bonds. The summed E-state index contributed by atoms with van der Waals surface area (Å²) in [5.74, 6) is 0.580. The van der Waals surface area contributed by atoms with Crippen molar-refractivity contribution in [3.05, 3.63) is 88.9 Å². The van der Waals surface area contributed by atoms with E-state index in [4.69, 9.17) is 16.3 Å². The van der Waals surface area contributed by atoms with Crippen molar-refractivity contribution in [2.24, 2.45) is 0 Å². The molecule has 0 fully saturated rings. The van der Waals surface area contributed by atoms with Gasteiger partial charge in [0.25, 0.3) is 0 Å². The second-order valence-electron chi connectivity index (χ2n) is 5.12. The van der Waals surface area contributed by atoms with E-state index >= 15 is 0 Å². The summed E-state index contributed by atoms with van der Waals surface area (Å²) in [6.07, 6.45) is 0.838. The number of carbonyl (C=O) groups excluding carboxylic acids is 1. The first-order chi connectivity index (χ1) is 11.3. The molecule has 0 aliphatic carbocycles. The predicted molar refractivity (Wildman–Crippen MR) is 93.0 cm³/mol. The van der Waals surface area contributed by atoms with Gasteiger partial charge in [-0.15, -0.1) is 0 Å². The third kappa shape index (κ3) is 3.61. The summed E-state index contributed by atoms with van der Waals surface area (Å²) in [5.41, 5.74) is 3.37. The van der Waals surface area contributed by atoms with E-state index in [2.05, 4.69) is 0 Å². The van der Waals surface area contributed by atoms with Crippen LogP contribution in [-0.2, 0) is 6.61 Å². The summed E-state index contributed by atoms with van der Waals surface area (Å²) in [6.45, 7) is 0.422. The van der Waals surface area contributed by atoms with Crippen molar-refractivity contribution < 1.29 is 9.53 Å². The molecule has 114 valence electrons. The van der Waals surface area contributed by atoms with Crippen LogP contribution in [0.25, 0.3) is 11.1 Å². The summed E-state index contributed by atoms with van der Waals surface area (Å²) >= 11 is 5.93. The molecule has 0 saturated carbocycles. The van der Waals surface area contributed by atoms with E-state index in [1.165, 1.54) is 0 Å². The summed E-state index contributed by atoms with van der Waals surface area (Å²) in [6, 6.07) is 22.9. The van der Waals surface area contributed by atoms with Gasteiger partial charge in [0.05, 0.1) is 5.56 Å². The van der Waals surface area contributed by atoms with Gasteiger partial charge in [-0.1, -0.05) is 66.2 Å². The van der Waals surface area contributed by atoms with Crippen molar-refractivity contribution in [2.45, 2.75) is 6.61 Å². The summed E-state index contributed by atoms with van der Waals surface area (Å²) < 4.78 is 5.84. The Hall–Kier alpha value is -2.58. The third-order valence-electron chi connectivity index (χ3n) is 3.58. The van der Waals surface area contributed by atoms with Gasteiger partial charge in [-0.05, 0) is 34.9 Å². The molecule has 0 atom stereocenters. The Bertz CT molecular complexity index is 796. The van der Waals surface area contributed by atoms with Gasteiger partial charge in [0, 0.05) is 5.02 Å². The minimum absolute atomic E-state index is 0.422. The highest BCUT2D eigenvalue weighted by molar-refractivity contribution is 6.30. The van der Waals surface area contributed by atoms with Crippen LogP contribution in [0.15, 0.2) is 72.8 Å². The molecule has 2 nitrogen and oxygen atoms in total. The van der Waals surface area contributed by atoms with Crippen molar-refractivity contribution >= 4 is 17.9 Å². The number of carbonyl (C=O) groups is 1. The number of halogens is 1. The highest BCUT2D eigenvalue weighted by Crippen LogP contribution is 2.30. The Morgan fingerprint density at radius 1 is 0.870 bits per heavy atom. The van der Waals surface area contributed by atoms with Gasteiger partial charge in [0.1, 0.15) is 12.4 Å². The van der Waals surface area contributed by atoms with Crippen molar-refractivity contribution in [2.75, 3.05) is 0 Å². The minimum atomic E-state index is 0.422. The molecule has 0 aromatic heterocycles. The number of hydrogen-bond acceptors (Lipinski definition) is 2. The maximum atomic E-state index is 11.6. The van der Waals surface area contributed by atoms with Gasteiger partial charge in [-0.3, -0.25) is 4.79 Å². The molecule has 0 unspecified atom stereocenters. The maximum Gasteiger partial charge on any atom is 0.154 e. The molecule has 0 radical (unpaired) electrons. The quantitative estimate of drug-likeness (QED) is 0.588. The van der Waals surface area contributed by atoms with E-state index in [0.29, 0.717) is 22.9 Å². The zero-order valence-corrected chi connectivity index (χ0v) is 13.2. The topological polar surface area (TPSA) is 26.3 Å². The number of aldehydes is 1. The summed E-state index contributed by atoms with van der Waals surface area (Å²) in [7, 11) is 0. The Labute approximate surface area is 140 Å². The van der Waals surface area contributed by atoms with Crippen LogP contribution in [0, 0.1) is 0 Å². The van der Waals surface area contributed by atoms with Gasteiger partial charge < -0.3 is 4.74 Å². The molecule has 0 aliphatic rings. The molecule has 3 heteroatoms. The fourth-order valence-electron chi connectivity index (χ4n) is 2.41. The van der Waals surface area contributed by atoms with Gasteiger partial charge in [-0.2, -0.15) is 0 Å². The lowest BCUT2D eigenvalue weighted by Crippen LogP contribution is -1.99. The fourth-order valence-corrected chi connectivity index (χ4v) is 2.53. The van der Waals surface area contributed by atoms with Crippen molar-refractivity contribution in [3.8, 4) is 16.9 Å². The van der Waals surface area contributed by atoms with E-state index in [1.807, 2.05) is 72.8 Å². The number of benzene rings is 3. The van der Waals surface area contributed by atoms with E-state index in [1.54, 1.807) is 0 Å². The normalized spacial score (nSPS) is 10.3. The second-order valence-corrected chi connectivity index (χ2v) is 5.55. The van der Waals surface area contributed by atoms with Gasteiger partial charge >= 0.3 is 0 Å². The van der Waals surface area contributed by atoms with E-state index < -0.39 is 0 Å². The maximum absolute atomic E-state index is 11.6. The van der Waals surface area contributed by atoms with Gasteiger partial charge in [0.15, 0.2) is 6.29 Å². The van der Waals surface area contributed by atoms with Crippen LogP contribution >= 0.6 is 11.6 Å². The highest BCUT2D eigenvalue weighted by Gasteiger charge is 2.11. The molecule has 0 N–H and O–H groups in total. The Balaban J connectivity index is 1.91. The van der Waals surface area contributed by atoms with E-state index in [0.717, 1.165) is 23.0 Å². The molecular weight excluding hydrogens is 308 g/mol. The highest BCUT2D eigenvalue weighted by atomic mass is 35.5. The molecule has 0 bridgehead atoms. The Morgan fingerprint density at radius 3 is 2.30 bits per heavy atom. The monoisotopic (exact) mass is 322 g/mol. The average molecular weight is 323 g/mol. The first kappa shape index (κ1) is 15.3.